The van der Waals surface area contributed by atoms with Crippen molar-refractivity contribution >= 4 is 11.8 Å². The van der Waals surface area contributed by atoms with Gasteiger partial charge in [0.05, 0.1) is 0 Å². The minimum Gasteiger partial charge on any atom is -0.316 e. The highest BCUT2D eigenvalue weighted by Crippen LogP contribution is 2.28. The highest BCUT2D eigenvalue weighted by atomic mass is 32.2. The second-order valence-corrected chi connectivity index (χ2v) is 5.30. The van der Waals surface area contributed by atoms with E-state index in [-0.39, 0.29) is 5.82 Å². The van der Waals surface area contributed by atoms with Crippen LogP contribution in [0.15, 0.2) is 47.4 Å². The fourth-order valence-corrected chi connectivity index (χ4v) is 2.41. The van der Waals surface area contributed by atoms with Gasteiger partial charge in [0.25, 0.3) is 5.76 Å². The first-order valence-corrected chi connectivity index (χ1v) is 6.96. The van der Waals surface area contributed by atoms with Gasteiger partial charge in [-0.15, -0.1) is 0 Å². The highest BCUT2D eigenvalue weighted by Gasteiger charge is 2.07. The van der Waals surface area contributed by atoms with Crippen LogP contribution in [-0.2, 0) is 6.54 Å². The average Bonchev–Trinajstić information content (AvgIpc) is 2.42. The first kappa shape index (κ1) is 14.9. The minimum atomic E-state index is -2.42. The summed E-state index contributed by atoms with van der Waals surface area (Å²) in [7, 11) is 1.75. The third-order valence-electron chi connectivity index (χ3n) is 2.83. The van der Waals surface area contributed by atoms with Crippen LogP contribution in [0.1, 0.15) is 5.56 Å². The molecule has 2 rings (SSSR count). The molecular weight excluding hydrogens is 283 g/mol. The lowest BCUT2D eigenvalue weighted by atomic mass is 10.0. The average molecular weight is 297 g/mol. The zero-order valence-electron chi connectivity index (χ0n) is 10.9. The summed E-state index contributed by atoms with van der Waals surface area (Å²) < 4.78 is 38.0. The van der Waals surface area contributed by atoms with Gasteiger partial charge in [-0.1, -0.05) is 30.0 Å². The smallest absolute Gasteiger partial charge is 0.288 e. The molecule has 0 fully saturated rings. The van der Waals surface area contributed by atoms with Gasteiger partial charge in [-0.2, -0.15) is 8.78 Å². The monoisotopic (exact) mass is 297 g/mol. The van der Waals surface area contributed by atoms with Crippen molar-refractivity contribution in [1.82, 2.24) is 5.32 Å². The van der Waals surface area contributed by atoms with Gasteiger partial charge >= 0.3 is 0 Å². The molecular formula is C15H14F3NS. The van der Waals surface area contributed by atoms with Crippen molar-refractivity contribution in [3.05, 3.63) is 53.8 Å². The first-order valence-electron chi connectivity index (χ1n) is 6.08. The summed E-state index contributed by atoms with van der Waals surface area (Å²) in [5, 5.41) is 2.91. The topological polar surface area (TPSA) is 12.0 Å². The SMILES string of the molecule is CNCc1cc(-c2ccc(SC(F)F)cc2)ccc1F. The second kappa shape index (κ2) is 6.81. The van der Waals surface area contributed by atoms with Gasteiger partial charge in [-0.05, 0) is 42.4 Å². The molecule has 0 spiro atoms. The fourth-order valence-electron chi connectivity index (χ4n) is 1.91. The molecule has 0 heterocycles. The Morgan fingerprint density at radius 2 is 1.70 bits per heavy atom. The molecule has 0 aliphatic heterocycles. The lowest BCUT2D eigenvalue weighted by molar-refractivity contribution is 0.252. The van der Waals surface area contributed by atoms with Crippen LogP contribution >= 0.6 is 11.8 Å². The fraction of sp³-hybridized carbons (Fsp3) is 0.200. The van der Waals surface area contributed by atoms with Gasteiger partial charge in [0.2, 0.25) is 0 Å². The summed E-state index contributed by atoms with van der Waals surface area (Å²) >= 11 is 0.513. The van der Waals surface area contributed by atoms with E-state index in [4.69, 9.17) is 0 Å². The molecule has 0 aliphatic rings. The molecule has 106 valence electrons. The summed E-state index contributed by atoms with van der Waals surface area (Å²) in [4.78, 5) is 0.515. The van der Waals surface area contributed by atoms with Crippen molar-refractivity contribution < 1.29 is 13.2 Å². The summed E-state index contributed by atoms with van der Waals surface area (Å²) in [6.07, 6.45) is 0. The minimum absolute atomic E-state index is 0.257. The lowest BCUT2D eigenvalue weighted by Crippen LogP contribution is -2.07. The molecule has 0 radical (unpaired) electrons. The van der Waals surface area contributed by atoms with Gasteiger partial charge in [0.1, 0.15) is 5.82 Å². The van der Waals surface area contributed by atoms with Crippen LogP contribution in [0.3, 0.4) is 0 Å². The molecule has 0 aliphatic carbocycles. The molecule has 0 bridgehead atoms. The van der Waals surface area contributed by atoms with E-state index in [0.29, 0.717) is 28.8 Å². The van der Waals surface area contributed by atoms with Gasteiger partial charge in [0.15, 0.2) is 0 Å². The van der Waals surface area contributed by atoms with Crippen LogP contribution < -0.4 is 5.32 Å². The van der Waals surface area contributed by atoms with Gasteiger partial charge in [-0.25, -0.2) is 4.39 Å². The van der Waals surface area contributed by atoms with Crippen LogP contribution in [0.2, 0.25) is 0 Å². The van der Waals surface area contributed by atoms with Gasteiger partial charge in [0, 0.05) is 17.0 Å². The van der Waals surface area contributed by atoms with E-state index in [2.05, 4.69) is 5.32 Å². The van der Waals surface area contributed by atoms with E-state index >= 15 is 0 Å². The van der Waals surface area contributed by atoms with Crippen molar-refractivity contribution in [3.8, 4) is 11.1 Å². The van der Waals surface area contributed by atoms with Crippen molar-refractivity contribution in [1.29, 1.82) is 0 Å². The van der Waals surface area contributed by atoms with E-state index in [1.54, 1.807) is 43.4 Å². The molecule has 5 heteroatoms. The molecule has 0 amide bonds. The Labute approximate surface area is 120 Å². The van der Waals surface area contributed by atoms with Crippen molar-refractivity contribution in [2.24, 2.45) is 0 Å². The maximum absolute atomic E-state index is 13.6. The van der Waals surface area contributed by atoms with Crippen molar-refractivity contribution in [2.75, 3.05) is 7.05 Å². The largest absolute Gasteiger partial charge is 0.316 e. The zero-order valence-corrected chi connectivity index (χ0v) is 11.7. The number of halogens is 3. The molecule has 0 saturated carbocycles. The normalized spacial score (nSPS) is 11.1. The third kappa shape index (κ3) is 3.77. The summed E-state index contributed by atoms with van der Waals surface area (Å²) in [5.74, 6) is -2.68. The first-order chi connectivity index (χ1) is 9.60. The Balaban J connectivity index is 2.25. The number of rotatable bonds is 5. The Hall–Kier alpha value is -1.46. The maximum Gasteiger partial charge on any atom is 0.288 e. The van der Waals surface area contributed by atoms with E-state index < -0.39 is 5.76 Å². The Bertz CT molecular complexity index is 570. The van der Waals surface area contributed by atoms with E-state index in [0.717, 1.165) is 11.1 Å². The standard InChI is InChI=1S/C15H14F3NS/c1-19-9-12-8-11(4-7-14(12)16)10-2-5-13(6-3-10)20-15(17)18/h2-8,15,19H,9H2,1H3. The third-order valence-corrected chi connectivity index (χ3v) is 3.55. The molecule has 20 heavy (non-hydrogen) atoms. The van der Waals surface area contributed by atoms with Gasteiger partial charge < -0.3 is 5.32 Å². The van der Waals surface area contributed by atoms with Crippen molar-refractivity contribution in [2.45, 2.75) is 17.2 Å². The van der Waals surface area contributed by atoms with Crippen LogP contribution in [0, 0.1) is 5.82 Å². The van der Waals surface area contributed by atoms with Crippen LogP contribution in [0.25, 0.3) is 11.1 Å². The molecule has 0 aromatic heterocycles. The molecule has 0 atom stereocenters. The number of benzene rings is 2. The number of hydrogen-bond donors (Lipinski definition) is 1. The number of hydrogen-bond acceptors (Lipinski definition) is 2. The summed E-state index contributed by atoms with van der Waals surface area (Å²) in [6, 6.07) is 11.7. The molecule has 2 aromatic rings. The lowest BCUT2D eigenvalue weighted by Gasteiger charge is -2.08. The molecule has 2 aromatic carbocycles. The van der Waals surface area contributed by atoms with Crippen LogP contribution in [0.5, 0.6) is 0 Å². The zero-order chi connectivity index (χ0) is 14.5. The Morgan fingerprint density at radius 3 is 2.30 bits per heavy atom. The molecule has 0 unspecified atom stereocenters. The molecule has 1 N–H and O–H groups in total. The quantitative estimate of drug-likeness (QED) is 0.814. The highest BCUT2D eigenvalue weighted by molar-refractivity contribution is 7.99. The van der Waals surface area contributed by atoms with E-state index in [1.807, 2.05) is 0 Å². The Morgan fingerprint density at radius 1 is 1.05 bits per heavy atom. The predicted molar refractivity (Wildman–Crippen MR) is 76.5 cm³/mol. The van der Waals surface area contributed by atoms with Crippen molar-refractivity contribution in [3.63, 3.8) is 0 Å². The predicted octanol–water partition coefficient (Wildman–Crippen LogP) is 4.53. The molecule has 1 nitrogen and oxygen atoms in total. The number of thioether (sulfide) groups is 1. The Kier molecular flexibility index (Phi) is 5.09. The summed E-state index contributed by atoms with van der Waals surface area (Å²) in [5.41, 5.74) is 2.32. The van der Waals surface area contributed by atoms with Gasteiger partial charge in [-0.3, -0.25) is 0 Å². The molecule has 0 saturated heterocycles. The van der Waals surface area contributed by atoms with Crippen LogP contribution in [0.4, 0.5) is 13.2 Å². The maximum atomic E-state index is 13.6. The number of alkyl halides is 2. The van der Waals surface area contributed by atoms with Crippen LogP contribution in [-0.4, -0.2) is 12.8 Å². The van der Waals surface area contributed by atoms with E-state index in [1.165, 1.54) is 6.07 Å². The second-order valence-electron chi connectivity index (χ2n) is 4.24. The van der Waals surface area contributed by atoms with E-state index in [9.17, 15) is 13.2 Å². The summed E-state index contributed by atoms with van der Waals surface area (Å²) in [6.45, 7) is 0.443. The number of nitrogens with one attached hydrogen (secondary N) is 1.